The van der Waals surface area contributed by atoms with Gasteiger partial charge in [0, 0.05) is 5.56 Å². The molecule has 0 amide bonds. The van der Waals surface area contributed by atoms with Crippen LogP contribution in [0.1, 0.15) is 16.1 Å². The summed E-state index contributed by atoms with van der Waals surface area (Å²) in [5, 5.41) is 23.6. The molecule has 7 nitrogen and oxygen atoms in total. The predicted molar refractivity (Wildman–Crippen MR) is 56.9 cm³/mol. The van der Waals surface area contributed by atoms with Crippen molar-refractivity contribution in [2.45, 2.75) is 0 Å². The van der Waals surface area contributed by atoms with Crippen LogP contribution in [0.25, 0.3) is 0 Å². The highest BCUT2D eigenvalue weighted by Crippen LogP contribution is 2.04. The van der Waals surface area contributed by atoms with E-state index >= 15 is 0 Å². The quantitative estimate of drug-likeness (QED) is 0.674. The third-order valence-electron chi connectivity index (χ3n) is 1.69. The summed E-state index contributed by atoms with van der Waals surface area (Å²) in [4.78, 5) is 20.1. The normalized spacial score (nSPS) is 8.94. The zero-order chi connectivity index (χ0) is 12.7. The minimum atomic E-state index is -1.83. The fraction of sp³-hybridized carbons (Fsp3) is 0. The van der Waals surface area contributed by atoms with E-state index < -0.39 is 6.16 Å². The maximum Gasteiger partial charge on any atom is 0.503 e. The van der Waals surface area contributed by atoms with Gasteiger partial charge in [-0.3, -0.25) is 9.89 Å². The van der Waals surface area contributed by atoms with Crippen LogP contribution in [0.3, 0.4) is 0 Å². The van der Waals surface area contributed by atoms with E-state index in [0.29, 0.717) is 11.3 Å². The fourth-order valence-corrected chi connectivity index (χ4v) is 1.05. The first-order valence-electron chi connectivity index (χ1n) is 4.49. The summed E-state index contributed by atoms with van der Waals surface area (Å²) in [6.07, 6.45) is -0.352. The number of aromatic amines is 1. The van der Waals surface area contributed by atoms with Gasteiger partial charge in [0.05, 0.1) is 6.20 Å². The van der Waals surface area contributed by atoms with Crippen molar-refractivity contribution < 1.29 is 19.8 Å². The Labute approximate surface area is 95.7 Å². The lowest BCUT2D eigenvalue weighted by atomic mass is 10.1. The lowest BCUT2D eigenvalue weighted by Crippen LogP contribution is -2.00. The molecule has 0 aliphatic rings. The third kappa shape index (κ3) is 4.12. The molecule has 1 aromatic carbocycles. The van der Waals surface area contributed by atoms with Crippen molar-refractivity contribution in [3.63, 3.8) is 0 Å². The second-order valence-corrected chi connectivity index (χ2v) is 2.84. The summed E-state index contributed by atoms with van der Waals surface area (Å²) in [7, 11) is 0. The molecule has 0 fully saturated rings. The van der Waals surface area contributed by atoms with Gasteiger partial charge in [-0.2, -0.15) is 0 Å². The van der Waals surface area contributed by atoms with Crippen LogP contribution in [0.15, 0.2) is 36.5 Å². The summed E-state index contributed by atoms with van der Waals surface area (Å²) < 4.78 is 0. The van der Waals surface area contributed by atoms with Crippen LogP contribution < -0.4 is 0 Å². The highest BCUT2D eigenvalue weighted by atomic mass is 16.6. The summed E-state index contributed by atoms with van der Waals surface area (Å²) in [6, 6.07) is 8.98. The Morgan fingerprint density at radius 2 is 1.71 bits per heavy atom. The highest BCUT2D eigenvalue weighted by molar-refractivity contribution is 6.07. The van der Waals surface area contributed by atoms with E-state index in [4.69, 9.17) is 15.0 Å². The molecule has 3 N–H and O–H groups in total. The van der Waals surface area contributed by atoms with E-state index in [-0.39, 0.29) is 5.78 Å². The Bertz CT molecular complexity index is 478. The van der Waals surface area contributed by atoms with Crippen molar-refractivity contribution in [2.75, 3.05) is 0 Å². The Balaban J connectivity index is 0.000000317. The van der Waals surface area contributed by atoms with Gasteiger partial charge in [-0.05, 0) is 0 Å². The minimum Gasteiger partial charge on any atom is -0.450 e. The number of carbonyl (C=O) groups excluding carboxylic acids is 1. The zero-order valence-electron chi connectivity index (χ0n) is 8.57. The van der Waals surface area contributed by atoms with Crippen LogP contribution in [0, 0.1) is 0 Å². The second kappa shape index (κ2) is 6.01. The molecule has 0 spiro atoms. The molecule has 0 saturated carbocycles. The molecule has 1 heterocycles. The van der Waals surface area contributed by atoms with E-state index in [1.165, 1.54) is 6.20 Å². The summed E-state index contributed by atoms with van der Waals surface area (Å²) in [5.41, 5.74) is 0.961. The van der Waals surface area contributed by atoms with Crippen LogP contribution in [-0.2, 0) is 0 Å². The lowest BCUT2D eigenvalue weighted by molar-refractivity contribution is 0.103. The minimum absolute atomic E-state index is 0.116. The summed E-state index contributed by atoms with van der Waals surface area (Å²) in [5.74, 6) is -0.116. The molecule has 2 aromatic rings. The van der Waals surface area contributed by atoms with Gasteiger partial charge in [0.2, 0.25) is 5.78 Å². The first kappa shape index (κ1) is 12.4. The zero-order valence-corrected chi connectivity index (χ0v) is 8.57. The number of hydrogen-bond acceptors (Lipinski definition) is 4. The van der Waals surface area contributed by atoms with Crippen molar-refractivity contribution in [3.05, 3.63) is 47.8 Å². The van der Waals surface area contributed by atoms with Crippen molar-refractivity contribution in [2.24, 2.45) is 0 Å². The first-order valence-corrected chi connectivity index (χ1v) is 4.49. The van der Waals surface area contributed by atoms with Gasteiger partial charge in [0.15, 0.2) is 5.69 Å². The fourth-order valence-electron chi connectivity index (χ4n) is 1.05. The largest absolute Gasteiger partial charge is 0.503 e. The number of carbonyl (C=O) groups is 2. The van der Waals surface area contributed by atoms with Crippen molar-refractivity contribution in [3.8, 4) is 0 Å². The number of hydrogen-bond donors (Lipinski definition) is 3. The van der Waals surface area contributed by atoms with Crippen molar-refractivity contribution in [1.29, 1.82) is 0 Å². The lowest BCUT2D eigenvalue weighted by Gasteiger charge is -1.93. The van der Waals surface area contributed by atoms with Crippen LogP contribution in [0.4, 0.5) is 4.79 Å². The first-order chi connectivity index (χ1) is 8.11. The monoisotopic (exact) mass is 235 g/mol. The predicted octanol–water partition coefficient (Wildman–Crippen LogP) is 1.26. The molecular formula is C10H9N3O4. The molecule has 17 heavy (non-hydrogen) atoms. The summed E-state index contributed by atoms with van der Waals surface area (Å²) >= 11 is 0. The van der Waals surface area contributed by atoms with Gasteiger partial charge < -0.3 is 10.2 Å². The number of nitrogens with zero attached hydrogens (tertiary/aromatic N) is 2. The van der Waals surface area contributed by atoms with Gasteiger partial charge in [0.1, 0.15) is 0 Å². The SMILES string of the molecule is O=C(O)O.O=C(c1ccccc1)c1c[nH]nn1. The smallest absolute Gasteiger partial charge is 0.450 e. The van der Waals surface area contributed by atoms with E-state index in [0.717, 1.165) is 0 Å². The van der Waals surface area contributed by atoms with Gasteiger partial charge in [-0.15, -0.1) is 5.10 Å². The van der Waals surface area contributed by atoms with Crippen LogP contribution >= 0.6 is 0 Å². The molecule has 0 unspecified atom stereocenters. The Morgan fingerprint density at radius 1 is 1.12 bits per heavy atom. The van der Waals surface area contributed by atoms with Gasteiger partial charge >= 0.3 is 6.16 Å². The molecule has 2 rings (SSSR count). The van der Waals surface area contributed by atoms with E-state index in [2.05, 4.69) is 15.4 Å². The molecule has 1 aromatic heterocycles. The number of aromatic nitrogens is 3. The Morgan fingerprint density at radius 3 is 2.18 bits per heavy atom. The Hall–Kier alpha value is -2.70. The molecule has 0 bridgehead atoms. The maximum absolute atomic E-state index is 11.6. The average molecular weight is 235 g/mol. The third-order valence-corrected chi connectivity index (χ3v) is 1.69. The number of nitrogens with one attached hydrogen (secondary N) is 1. The molecule has 0 aliphatic carbocycles. The van der Waals surface area contributed by atoms with Crippen molar-refractivity contribution in [1.82, 2.24) is 15.4 Å². The molecule has 0 aliphatic heterocycles. The van der Waals surface area contributed by atoms with Crippen LogP contribution in [0.2, 0.25) is 0 Å². The van der Waals surface area contributed by atoms with E-state index in [1.54, 1.807) is 12.1 Å². The van der Waals surface area contributed by atoms with Crippen LogP contribution in [-0.4, -0.2) is 37.6 Å². The molecule has 0 saturated heterocycles. The topological polar surface area (TPSA) is 116 Å². The van der Waals surface area contributed by atoms with Gasteiger partial charge in [0.25, 0.3) is 0 Å². The molecule has 88 valence electrons. The number of H-pyrrole nitrogens is 1. The number of benzene rings is 1. The highest BCUT2D eigenvalue weighted by Gasteiger charge is 2.09. The van der Waals surface area contributed by atoms with Gasteiger partial charge in [-0.1, -0.05) is 35.5 Å². The maximum atomic E-state index is 11.6. The average Bonchev–Trinajstić information content (AvgIpc) is 2.82. The van der Waals surface area contributed by atoms with E-state index in [1.807, 2.05) is 18.2 Å². The number of ketones is 1. The van der Waals surface area contributed by atoms with Crippen molar-refractivity contribution >= 4 is 11.9 Å². The molecule has 7 heteroatoms. The second-order valence-electron chi connectivity index (χ2n) is 2.84. The molecule has 0 radical (unpaired) electrons. The Kier molecular flexibility index (Phi) is 4.37. The number of rotatable bonds is 2. The standard InChI is InChI=1S/C9H7N3O.CH2O3/c13-9(8-6-10-12-11-8)7-4-2-1-3-5-7;2-1(3)4/h1-6H,(H,10,11,12);(H2,2,3,4). The molecule has 0 atom stereocenters. The summed E-state index contributed by atoms with van der Waals surface area (Å²) in [6.45, 7) is 0. The molecular weight excluding hydrogens is 226 g/mol. The van der Waals surface area contributed by atoms with Crippen LogP contribution in [0.5, 0.6) is 0 Å². The number of carboxylic acid groups (broad SMARTS) is 2. The van der Waals surface area contributed by atoms with E-state index in [9.17, 15) is 4.79 Å². The van der Waals surface area contributed by atoms with Gasteiger partial charge in [-0.25, -0.2) is 4.79 Å².